The van der Waals surface area contributed by atoms with Crippen LogP contribution in [0.15, 0.2) is 109 Å². The second kappa shape index (κ2) is 9.40. The van der Waals surface area contributed by atoms with Gasteiger partial charge in [-0.05, 0) is 79.0 Å². The Kier molecular flexibility index (Phi) is 5.99. The number of carbonyl (C=O) groups is 2. The van der Waals surface area contributed by atoms with Gasteiger partial charge in [0, 0.05) is 17.6 Å². The fourth-order valence-corrected chi connectivity index (χ4v) is 4.35. The van der Waals surface area contributed by atoms with Crippen molar-refractivity contribution in [1.29, 1.82) is 0 Å². The minimum atomic E-state index is -0.471. The second-order valence-corrected chi connectivity index (χ2v) is 8.16. The highest BCUT2D eigenvalue weighted by molar-refractivity contribution is 7.81. The Hall–Kier alpha value is -4.49. The number of aromatic nitrogens is 1. The fourth-order valence-electron chi connectivity index (χ4n) is 3.98. The number of anilines is 2. The summed E-state index contributed by atoms with van der Waals surface area (Å²) in [6, 6.07) is 29.4. The van der Waals surface area contributed by atoms with Crippen LogP contribution >= 0.6 is 12.2 Å². The summed E-state index contributed by atoms with van der Waals surface area (Å²) >= 11 is 5.66. The molecule has 0 N–H and O–H groups in total. The van der Waals surface area contributed by atoms with Crippen molar-refractivity contribution in [2.24, 2.45) is 0 Å². The van der Waals surface area contributed by atoms with Gasteiger partial charge >= 0.3 is 0 Å². The number of methoxy groups -OCH3 is 1. The molecule has 1 aromatic heterocycles. The molecule has 0 aliphatic carbocycles. The molecule has 1 saturated heterocycles. The van der Waals surface area contributed by atoms with E-state index in [-0.39, 0.29) is 10.7 Å². The van der Waals surface area contributed by atoms with E-state index in [0.29, 0.717) is 17.1 Å². The molecule has 0 saturated carbocycles. The van der Waals surface area contributed by atoms with Crippen LogP contribution in [0.1, 0.15) is 5.69 Å². The minimum absolute atomic E-state index is 0.0137. The molecule has 6 nitrogen and oxygen atoms in total. The highest BCUT2D eigenvalue weighted by Crippen LogP contribution is 2.30. The smallest absolute Gasteiger partial charge is 0.270 e. The molecular formula is C28H21N3O3S. The summed E-state index contributed by atoms with van der Waals surface area (Å²) in [7, 11) is 1.61. The van der Waals surface area contributed by atoms with Crippen molar-refractivity contribution >= 4 is 46.6 Å². The number of nitrogens with zero attached hydrogens (tertiary/aromatic N) is 3. The lowest BCUT2D eigenvalue weighted by Gasteiger charge is -2.36. The zero-order valence-electron chi connectivity index (χ0n) is 18.9. The standard InChI is InChI=1S/C28H21N3O3S/c1-34-24-16-14-20(15-17-24)29-18-8-13-23(29)19-25-26(32)30(21-9-4-2-5-10-21)28(35)31(27(25)33)22-11-6-3-7-12-22/h2-19H,1H3. The van der Waals surface area contributed by atoms with Crippen LogP contribution < -0.4 is 14.5 Å². The maximum atomic E-state index is 13.7. The monoisotopic (exact) mass is 479 g/mol. The van der Waals surface area contributed by atoms with Gasteiger partial charge in [-0.2, -0.15) is 0 Å². The number of para-hydroxylation sites is 2. The quantitative estimate of drug-likeness (QED) is 0.223. The maximum Gasteiger partial charge on any atom is 0.270 e. The molecule has 1 fully saturated rings. The molecule has 172 valence electrons. The predicted octanol–water partition coefficient (Wildman–Crippen LogP) is 5.23. The lowest BCUT2D eigenvalue weighted by Crippen LogP contribution is -2.56. The van der Waals surface area contributed by atoms with E-state index in [1.54, 1.807) is 37.5 Å². The summed E-state index contributed by atoms with van der Waals surface area (Å²) in [5.41, 5.74) is 2.74. The summed E-state index contributed by atoms with van der Waals surface area (Å²) < 4.78 is 7.15. The first-order valence-electron chi connectivity index (χ1n) is 10.9. The van der Waals surface area contributed by atoms with Gasteiger partial charge in [-0.25, -0.2) is 0 Å². The molecule has 1 aliphatic rings. The molecule has 5 rings (SSSR count). The van der Waals surface area contributed by atoms with E-state index < -0.39 is 11.8 Å². The highest BCUT2D eigenvalue weighted by Gasteiger charge is 2.41. The van der Waals surface area contributed by atoms with Crippen LogP contribution in [0, 0.1) is 0 Å². The number of rotatable bonds is 5. The summed E-state index contributed by atoms with van der Waals surface area (Å²) in [6.07, 6.45) is 3.49. The van der Waals surface area contributed by atoms with Crippen LogP contribution in [0.2, 0.25) is 0 Å². The average Bonchev–Trinajstić information content (AvgIpc) is 3.36. The van der Waals surface area contributed by atoms with Gasteiger partial charge in [-0.3, -0.25) is 19.4 Å². The van der Waals surface area contributed by atoms with Gasteiger partial charge in [0.05, 0.1) is 18.5 Å². The molecule has 35 heavy (non-hydrogen) atoms. The topological polar surface area (TPSA) is 54.8 Å². The normalized spacial score (nSPS) is 13.9. The summed E-state index contributed by atoms with van der Waals surface area (Å²) in [6.45, 7) is 0. The number of carbonyl (C=O) groups excluding carboxylic acids is 2. The van der Waals surface area contributed by atoms with E-state index in [1.165, 1.54) is 9.80 Å². The number of ether oxygens (including phenoxy) is 1. The van der Waals surface area contributed by atoms with Gasteiger partial charge in [0.1, 0.15) is 11.3 Å². The molecule has 0 bridgehead atoms. The Bertz CT molecular complexity index is 1360. The number of benzene rings is 3. The summed E-state index contributed by atoms with van der Waals surface area (Å²) in [5, 5.41) is 0.111. The maximum absolute atomic E-state index is 13.7. The Morgan fingerprint density at radius 2 is 1.23 bits per heavy atom. The Labute approximate surface area is 208 Å². The van der Waals surface area contributed by atoms with Crippen molar-refractivity contribution in [2.75, 3.05) is 16.9 Å². The third-order valence-corrected chi connectivity index (χ3v) is 6.07. The minimum Gasteiger partial charge on any atom is -0.497 e. The molecule has 4 aromatic rings. The first-order valence-corrected chi connectivity index (χ1v) is 11.4. The van der Waals surface area contributed by atoms with Gasteiger partial charge in [-0.1, -0.05) is 36.4 Å². The van der Waals surface area contributed by atoms with Gasteiger partial charge < -0.3 is 9.30 Å². The zero-order chi connectivity index (χ0) is 24.4. The number of hydrogen-bond acceptors (Lipinski definition) is 4. The molecule has 7 heteroatoms. The van der Waals surface area contributed by atoms with Crippen LogP contribution in [-0.2, 0) is 9.59 Å². The van der Waals surface area contributed by atoms with Crippen molar-refractivity contribution in [3.8, 4) is 11.4 Å². The Balaban J connectivity index is 1.62. The molecule has 1 aliphatic heterocycles. The van der Waals surface area contributed by atoms with Crippen LogP contribution in [-0.4, -0.2) is 28.6 Å². The second-order valence-electron chi connectivity index (χ2n) is 7.79. The van der Waals surface area contributed by atoms with Crippen molar-refractivity contribution in [3.05, 3.63) is 115 Å². The molecular weight excluding hydrogens is 458 g/mol. The van der Waals surface area contributed by atoms with Crippen LogP contribution in [0.5, 0.6) is 5.75 Å². The molecule has 2 heterocycles. The van der Waals surface area contributed by atoms with Crippen LogP contribution in [0.3, 0.4) is 0 Å². The SMILES string of the molecule is COc1ccc(-n2cccc2C=C2C(=O)N(c3ccccc3)C(=S)N(c3ccccc3)C2=O)cc1. The largest absolute Gasteiger partial charge is 0.497 e. The van der Waals surface area contributed by atoms with Gasteiger partial charge in [0.25, 0.3) is 11.8 Å². The zero-order valence-corrected chi connectivity index (χ0v) is 19.7. The van der Waals surface area contributed by atoms with Crippen molar-refractivity contribution in [1.82, 2.24) is 4.57 Å². The molecule has 0 spiro atoms. The fraction of sp³-hybridized carbons (Fsp3) is 0.0357. The Morgan fingerprint density at radius 1 is 0.686 bits per heavy atom. The van der Waals surface area contributed by atoms with Gasteiger partial charge in [-0.15, -0.1) is 0 Å². The molecule has 0 atom stereocenters. The van der Waals surface area contributed by atoms with Crippen molar-refractivity contribution in [3.63, 3.8) is 0 Å². The highest BCUT2D eigenvalue weighted by atomic mass is 32.1. The van der Waals surface area contributed by atoms with E-state index in [4.69, 9.17) is 17.0 Å². The van der Waals surface area contributed by atoms with Crippen LogP contribution in [0.4, 0.5) is 11.4 Å². The molecule has 2 amide bonds. The van der Waals surface area contributed by atoms with Crippen molar-refractivity contribution < 1.29 is 14.3 Å². The van der Waals surface area contributed by atoms with E-state index >= 15 is 0 Å². The lowest BCUT2D eigenvalue weighted by atomic mass is 10.1. The molecule has 0 radical (unpaired) electrons. The lowest BCUT2D eigenvalue weighted by molar-refractivity contribution is -0.120. The van der Waals surface area contributed by atoms with E-state index in [9.17, 15) is 9.59 Å². The third kappa shape index (κ3) is 4.13. The first kappa shape index (κ1) is 22.3. The van der Waals surface area contributed by atoms with E-state index in [1.807, 2.05) is 83.6 Å². The van der Waals surface area contributed by atoms with Crippen LogP contribution in [0.25, 0.3) is 11.8 Å². The van der Waals surface area contributed by atoms with Gasteiger partial charge in [0.15, 0.2) is 5.11 Å². The Morgan fingerprint density at radius 3 is 1.74 bits per heavy atom. The number of thiocarbonyl (C=S) groups is 1. The van der Waals surface area contributed by atoms with E-state index in [2.05, 4.69) is 0 Å². The van der Waals surface area contributed by atoms with Gasteiger partial charge in [0.2, 0.25) is 0 Å². The third-order valence-electron chi connectivity index (χ3n) is 5.70. The first-order chi connectivity index (χ1) is 17.1. The summed E-state index contributed by atoms with van der Waals surface area (Å²) in [5.74, 6) is -0.203. The average molecular weight is 480 g/mol. The molecule has 0 unspecified atom stereocenters. The number of amides is 2. The molecule has 3 aromatic carbocycles. The number of hydrogen-bond donors (Lipinski definition) is 0. The summed E-state index contributed by atoms with van der Waals surface area (Å²) in [4.78, 5) is 30.2. The predicted molar refractivity (Wildman–Crippen MR) is 141 cm³/mol. The van der Waals surface area contributed by atoms with Crippen molar-refractivity contribution in [2.45, 2.75) is 0 Å². The van der Waals surface area contributed by atoms with E-state index in [0.717, 1.165) is 11.4 Å².